The highest BCUT2D eigenvalue weighted by molar-refractivity contribution is 7.22. The molecule has 0 radical (unpaired) electrons. The van der Waals surface area contributed by atoms with Crippen molar-refractivity contribution >= 4 is 44.2 Å². The number of anilines is 1. The van der Waals surface area contributed by atoms with Crippen molar-refractivity contribution in [1.82, 2.24) is 4.98 Å². The van der Waals surface area contributed by atoms with Crippen LogP contribution in [-0.4, -0.2) is 10.9 Å². The number of fused-ring (bicyclic) bond motifs is 1. The van der Waals surface area contributed by atoms with Crippen molar-refractivity contribution in [2.24, 2.45) is 0 Å². The number of para-hydroxylation sites is 1. The summed E-state index contributed by atoms with van der Waals surface area (Å²) in [5.74, 6) is -0.504. The summed E-state index contributed by atoms with van der Waals surface area (Å²) in [6, 6.07) is 14.8. The summed E-state index contributed by atoms with van der Waals surface area (Å²) in [6.45, 7) is 0.137. The first-order valence-corrected chi connectivity index (χ1v) is 8.97. The standard InChI is InChI=1S/C19H12ClFN2O2S/c20-14-7-3-9-16-17(14)22-19(26-16)23(11-12-5-4-10-25-12)18(24)13-6-1-2-8-15(13)21/h1-10H,11H2. The molecule has 0 saturated heterocycles. The summed E-state index contributed by atoms with van der Waals surface area (Å²) >= 11 is 7.52. The van der Waals surface area contributed by atoms with E-state index in [1.54, 1.807) is 30.3 Å². The first-order chi connectivity index (χ1) is 12.6. The lowest BCUT2D eigenvalue weighted by molar-refractivity contribution is 0.0979. The van der Waals surface area contributed by atoms with Gasteiger partial charge in [-0.3, -0.25) is 9.69 Å². The number of nitrogens with zero attached hydrogens (tertiary/aromatic N) is 2. The van der Waals surface area contributed by atoms with Gasteiger partial charge < -0.3 is 4.42 Å². The molecule has 7 heteroatoms. The van der Waals surface area contributed by atoms with Crippen molar-refractivity contribution in [1.29, 1.82) is 0 Å². The van der Waals surface area contributed by atoms with E-state index < -0.39 is 11.7 Å². The van der Waals surface area contributed by atoms with Gasteiger partial charge in [0, 0.05) is 0 Å². The second-order valence-electron chi connectivity index (χ2n) is 5.53. The van der Waals surface area contributed by atoms with Crippen LogP contribution in [0, 0.1) is 5.82 Å². The van der Waals surface area contributed by atoms with E-state index in [0.717, 1.165) is 4.70 Å². The van der Waals surface area contributed by atoms with Gasteiger partial charge in [0.15, 0.2) is 5.13 Å². The largest absolute Gasteiger partial charge is 0.467 e. The van der Waals surface area contributed by atoms with Crippen LogP contribution in [0.25, 0.3) is 10.2 Å². The Morgan fingerprint density at radius 1 is 1.15 bits per heavy atom. The fourth-order valence-corrected chi connectivity index (χ4v) is 3.85. The number of halogens is 2. The molecule has 0 N–H and O–H groups in total. The quantitative estimate of drug-likeness (QED) is 0.463. The molecule has 0 atom stereocenters. The number of furan rings is 1. The lowest BCUT2D eigenvalue weighted by atomic mass is 10.2. The van der Waals surface area contributed by atoms with E-state index in [1.807, 2.05) is 12.1 Å². The Labute approximate surface area is 157 Å². The molecule has 0 aliphatic carbocycles. The Kier molecular flexibility index (Phi) is 4.44. The zero-order chi connectivity index (χ0) is 18.1. The molecule has 0 unspecified atom stereocenters. The fraction of sp³-hybridized carbons (Fsp3) is 0.0526. The van der Waals surface area contributed by atoms with E-state index in [-0.39, 0.29) is 12.1 Å². The number of carbonyl (C=O) groups excluding carboxylic acids is 1. The number of aromatic nitrogens is 1. The van der Waals surface area contributed by atoms with Crippen LogP contribution in [-0.2, 0) is 6.54 Å². The molecule has 2 aromatic carbocycles. The fourth-order valence-electron chi connectivity index (χ4n) is 2.58. The van der Waals surface area contributed by atoms with Gasteiger partial charge in [0.2, 0.25) is 0 Å². The van der Waals surface area contributed by atoms with Gasteiger partial charge in [-0.15, -0.1) is 0 Å². The van der Waals surface area contributed by atoms with Crippen LogP contribution in [0.5, 0.6) is 0 Å². The van der Waals surface area contributed by atoms with Crippen molar-refractivity contribution in [2.45, 2.75) is 6.54 Å². The zero-order valence-corrected chi connectivity index (χ0v) is 14.9. The lowest BCUT2D eigenvalue weighted by Gasteiger charge is -2.19. The Hall–Kier alpha value is -2.70. The molecule has 0 fully saturated rings. The highest BCUT2D eigenvalue weighted by Gasteiger charge is 2.25. The molecule has 4 nitrogen and oxygen atoms in total. The number of carbonyl (C=O) groups is 1. The lowest BCUT2D eigenvalue weighted by Crippen LogP contribution is -2.30. The van der Waals surface area contributed by atoms with Crippen LogP contribution in [0.3, 0.4) is 0 Å². The zero-order valence-electron chi connectivity index (χ0n) is 13.4. The maximum atomic E-state index is 14.2. The number of hydrogen-bond donors (Lipinski definition) is 0. The van der Waals surface area contributed by atoms with Gasteiger partial charge in [-0.25, -0.2) is 9.37 Å². The minimum absolute atomic E-state index is 0.0237. The monoisotopic (exact) mass is 386 g/mol. The van der Waals surface area contributed by atoms with Crippen LogP contribution in [0.2, 0.25) is 5.02 Å². The van der Waals surface area contributed by atoms with Crippen LogP contribution >= 0.6 is 22.9 Å². The summed E-state index contributed by atoms with van der Waals surface area (Å²) in [6.07, 6.45) is 1.52. The number of benzene rings is 2. The number of thiazole rings is 1. The van der Waals surface area contributed by atoms with E-state index in [2.05, 4.69) is 4.98 Å². The SMILES string of the molecule is O=C(c1ccccc1F)N(Cc1ccco1)c1nc2c(Cl)cccc2s1. The molecule has 0 bridgehead atoms. The number of amides is 1. The molecule has 0 aliphatic rings. The predicted octanol–water partition coefficient (Wildman–Crippen LogP) is 5.53. The molecule has 4 rings (SSSR count). The minimum atomic E-state index is -0.582. The van der Waals surface area contributed by atoms with Crippen LogP contribution < -0.4 is 4.90 Å². The predicted molar refractivity (Wildman–Crippen MR) is 100 cm³/mol. The summed E-state index contributed by atoms with van der Waals surface area (Å²) in [5.41, 5.74) is 0.587. The summed E-state index contributed by atoms with van der Waals surface area (Å²) < 4.78 is 20.4. The Bertz CT molecular complexity index is 1080. The van der Waals surface area contributed by atoms with Crippen molar-refractivity contribution in [3.8, 4) is 0 Å². The third kappa shape index (κ3) is 3.09. The smallest absolute Gasteiger partial charge is 0.263 e. The number of hydrogen-bond acceptors (Lipinski definition) is 4. The van der Waals surface area contributed by atoms with Crippen LogP contribution in [0.4, 0.5) is 9.52 Å². The van der Waals surface area contributed by atoms with E-state index in [4.69, 9.17) is 16.0 Å². The second kappa shape index (κ2) is 6.90. The summed E-state index contributed by atoms with van der Waals surface area (Å²) in [4.78, 5) is 18.9. The average molecular weight is 387 g/mol. The van der Waals surface area contributed by atoms with E-state index >= 15 is 0 Å². The van der Waals surface area contributed by atoms with Gasteiger partial charge in [-0.1, -0.05) is 41.1 Å². The van der Waals surface area contributed by atoms with Gasteiger partial charge in [0.05, 0.1) is 28.1 Å². The first-order valence-electron chi connectivity index (χ1n) is 7.77. The van der Waals surface area contributed by atoms with Crippen molar-refractivity contribution in [3.63, 3.8) is 0 Å². The Morgan fingerprint density at radius 2 is 2.00 bits per heavy atom. The molecular weight excluding hydrogens is 375 g/mol. The van der Waals surface area contributed by atoms with Crippen molar-refractivity contribution in [2.75, 3.05) is 4.90 Å². The van der Waals surface area contributed by atoms with Gasteiger partial charge in [-0.2, -0.15) is 0 Å². The third-order valence-corrected chi connectivity index (χ3v) is 5.18. The molecule has 0 saturated carbocycles. The molecular formula is C19H12ClFN2O2S. The molecule has 26 heavy (non-hydrogen) atoms. The maximum Gasteiger partial charge on any atom is 0.263 e. The van der Waals surface area contributed by atoms with Crippen LogP contribution in [0.1, 0.15) is 16.1 Å². The van der Waals surface area contributed by atoms with E-state index in [1.165, 1.54) is 34.6 Å². The molecule has 2 heterocycles. The Morgan fingerprint density at radius 3 is 2.73 bits per heavy atom. The molecule has 0 spiro atoms. The van der Waals surface area contributed by atoms with Gasteiger partial charge in [0.25, 0.3) is 5.91 Å². The first kappa shape index (κ1) is 16.8. The maximum absolute atomic E-state index is 14.2. The third-order valence-electron chi connectivity index (χ3n) is 3.83. The van der Waals surface area contributed by atoms with Gasteiger partial charge in [0.1, 0.15) is 17.1 Å². The van der Waals surface area contributed by atoms with Gasteiger partial charge >= 0.3 is 0 Å². The van der Waals surface area contributed by atoms with Gasteiger partial charge in [-0.05, 0) is 36.4 Å². The normalized spacial score (nSPS) is 11.0. The number of rotatable bonds is 4. The minimum Gasteiger partial charge on any atom is -0.467 e. The highest BCUT2D eigenvalue weighted by atomic mass is 35.5. The van der Waals surface area contributed by atoms with Crippen molar-refractivity contribution < 1.29 is 13.6 Å². The topological polar surface area (TPSA) is 46.3 Å². The highest BCUT2D eigenvalue weighted by Crippen LogP contribution is 2.34. The molecule has 130 valence electrons. The van der Waals surface area contributed by atoms with E-state index in [0.29, 0.717) is 21.4 Å². The average Bonchev–Trinajstić information content (AvgIpc) is 3.29. The van der Waals surface area contributed by atoms with E-state index in [9.17, 15) is 9.18 Å². The van der Waals surface area contributed by atoms with Crippen LogP contribution in [0.15, 0.2) is 65.3 Å². The summed E-state index contributed by atoms with van der Waals surface area (Å²) in [7, 11) is 0. The molecule has 4 aromatic rings. The van der Waals surface area contributed by atoms with Crippen molar-refractivity contribution in [3.05, 3.63) is 83.0 Å². The second-order valence-corrected chi connectivity index (χ2v) is 6.95. The molecule has 2 aromatic heterocycles. The Balaban J connectivity index is 1.80. The summed E-state index contributed by atoms with van der Waals surface area (Å²) in [5, 5.41) is 0.930. The molecule has 1 amide bonds. The molecule has 0 aliphatic heterocycles.